The highest BCUT2D eigenvalue weighted by molar-refractivity contribution is 7.21. The van der Waals surface area contributed by atoms with Crippen molar-refractivity contribution in [2.75, 3.05) is 25.5 Å². The van der Waals surface area contributed by atoms with E-state index >= 15 is 0 Å². The summed E-state index contributed by atoms with van der Waals surface area (Å²) in [4.78, 5) is 35.8. The SMILES string of the molecule is CN1CCc2nc3sc4c(c3cc2C1)NC(=O)[C@H]1CCCN1C4=O. The first-order chi connectivity index (χ1) is 11.6. The largest absolute Gasteiger partial charge is 0.326 e. The molecule has 5 rings (SSSR count). The molecular formula is C17H18N4O2S. The first kappa shape index (κ1) is 14.4. The van der Waals surface area contributed by atoms with Crippen molar-refractivity contribution in [2.45, 2.75) is 31.8 Å². The predicted octanol–water partition coefficient (Wildman–Crippen LogP) is 1.84. The number of carbonyl (C=O) groups excluding carboxylic acids is 2. The van der Waals surface area contributed by atoms with Crippen molar-refractivity contribution in [1.82, 2.24) is 14.8 Å². The van der Waals surface area contributed by atoms with Gasteiger partial charge in [0.25, 0.3) is 5.91 Å². The molecule has 0 saturated carbocycles. The first-order valence-electron chi connectivity index (χ1n) is 8.37. The number of anilines is 1. The summed E-state index contributed by atoms with van der Waals surface area (Å²) in [7, 11) is 2.10. The van der Waals surface area contributed by atoms with Crippen molar-refractivity contribution in [2.24, 2.45) is 0 Å². The molecule has 0 spiro atoms. The Kier molecular flexibility index (Phi) is 2.99. The van der Waals surface area contributed by atoms with E-state index in [4.69, 9.17) is 4.98 Å². The third-order valence-corrected chi connectivity index (χ3v) is 6.37. The fourth-order valence-corrected chi connectivity index (χ4v) is 5.10. The second kappa shape index (κ2) is 5.00. The van der Waals surface area contributed by atoms with Gasteiger partial charge in [0, 0.05) is 37.1 Å². The molecule has 1 fully saturated rings. The summed E-state index contributed by atoms with van der Waals surface area (Å²) in [5.74, 6) is -0.0851. The Balaban J connectivity index is 1.69. The van der Waals surface area contributed by atoms with E-state index in [1.54, 1.807) is 4.90 Å². The summed E-state index contributed by atoms with van der Waals surface area (Å²) in [6.07, 6.45) is 2.57. The molecule has 2 amide bonds. The zero-order valence-electron chi connectivity index (χ0n) is 13.5. The number of fused-ring (bicyclic) bond motifs is 5. The van der Waals surface area contributed by atoms with Gasteiger partial charge in [0.2, 0.25) is 5.91 Å². The van der Waals surface area contributed by atoms with E-state index < -0.39 is 0 Å². The molecule has 3 aliphatic heterocycles. The van der Waals surface area contributed by atoms with Gasteiger partial charge in [-0.3, -0.25) is 9.59 Å². The van der Waals surface area contributed by atoms with Crippen LogP contribution in [0.5, 0.6) is 0 Å². The fourth-order valence-electron chi connectivity index (χ4n) is 4.01. The molecule has 5 heterocycles. The summed E-state index contributed by atoms with van der Waals surface area (Å²) < 4.78 is 0. The quantitative estimate of drug-likeness (QED) is 0.793. The van der Waals surface area contributed by atoms with Gasteiger partial charge < -0.3 is 15.1 Å². The average molecular weight is 342 g/mol. The number of rotatable bonds is 0. The molecule has 1 atom stereocenters. The van der Waals surface area contributed by atoms with Crippen LogP contribution in [0.15, 0.2) is 6.07 Å². The zero-order valence-corrected chi connectivity index (χ0v) is 14.3. The normalized spacial score (nSPS) is 23.7. The molecular weight excluding hydrogens is 324 g/mol. The fraction of sp³-hybridized carbons (Fsp3) is 0.471. The Hall–Kier alpha value is -1.99. The molecule has 0 aromatic carbocycles. The molecule has 1 saturated heterocycles. The maximum atomic E-state index is 12.9. The van der Waals surface area contributed by atoms with E-state index in [1.807, 2.05) is 0 Å². The summed E-state index contributed by atoms with van der Waals surface area (Å²) in [6, 6.07) is 1.80. The highest BCUT2D eigenvalue weighted by Gasteiger charge is 2.40. The standard InChI is InChI=1S/C17H18N4O2S/c1-20-6-4-11-9(8-20)7-10-13-14(24-16(10)18-11)17(23)21-5-2-3-12(21)15(22)19-13/h7,12H,2-6,8H2,1H3,(H,19,22)/t12-/m1/s1. The number of nitrogens with one attached hydrogen (secondary N) is 1. The van der Waals surface area contributed by atoms with Crippen LogP contribution in [0.1, 0.15) is 33.8 Å². The smallest absolute Gasteiger partial charge is 0.266 e. The third-order valence-electron chi connectivity index (χ3n) is 5.28. The van der Waals surface area contributed by atoms with Crippen molar-refractivity contribution >= 4 is 39.1 Å². The molecule has 2 aromatic rings. The molecule has 7 heteroatoms. The molecule has 6 nitrogen and oxygen atoms in total. The van der Waals surface area contributed by atoms with Crippen LogP contribution < -0.4 is 5.32 Å². The van der Waals surface area contributed by atoms with Crippen LogP contribution in [0.3, 0.4) is 0 Å². The second-order valence-corrected chi connectivity index (χ2v) is 7.89. The lowest BCUT2D eigenvalue weighted by atomic mass is 10.0. The van der Waals surface area contributed by atoms with Crippen LogP contribution in [-0.4, -0.2) is 52.8 Å². The minimum Gasteiger partial charge on any atom is -0.326 e. The topological polar surface area (TPSA) is 65.5 Å². The Morgan fingerprint density at radius 3 is 3.08 bits per heavy atom. The second-order valence-electron chi connectivity index (χ2n) is 6.89. The Labute approximate surface area is 143 Å². The average Bonchev–Trinajstić information content (AvgIpc) is 3.15. The van der Waals surface area contributed by atoms with Crippen molar-refractivity contribution in [3.05, 3.63) is 22.2 Å². The predicted molar refractivity (Wildman–Crippen MR) is 92.3 cm³/mol. The van der Waals surface area contributed by atoms with Crippen LogP contribution in [0.25, 0.3) is 10.2 Å². The van der Waals surface area contributed by atoms with Gasteiger partial charge in [-0.1, -0.05) is 0 Å². The van der Waals surface area contributed by atoms with E-state index in [0.717, 1.165) is 48.3 Å². The van der Waals surface area contributed by atoms with Gasteiger partial charge >= 0.3 is 0 Å². The number of pyridine rings is 1. The van der Waals surface area contributed by atoms with Gasteiger partial charge in [0.15, 0.2) is 0 Å². The molecule has 0 unspecified atom stereocenters. The summed E-state index contributed by atoms with van der Waals surface area (Å²) >= 11 is 1.42. The Morgan fingerprint density at radius 2 is 2.21 bits per heavy atom. The monoisotopic (exact) mass is 342 g/mol. The summed E-state index contributed by atoms with van der Waals surface area (Å²) in [5, 5.41) is 3.93. The Bertz CT molecular complexity index is 890. The third kappa shape index (κ3) is 1.94. The van der Waals surface area contributed by atoms with Crippen LogP contribution in [0.2, 0.25) is 0 Å². The van der Waals surface area contributed by atoms with Gasteiger partial charge in [-0.15, -0.1) is 11.3 Å². The lowest BCUT2D eigenvalue weighted by Crippen LogP contribution is -2.40. The van der Waals surface area contributed by atoms with Crippen molar-refractivity contribution in [3.8, 4) is 0 Å². The van der Waals surface area contributed by atoms with Crippen molar-refractivity contribution in [3.63, 3.8) is 0 Å². The lowest BCUT2D eigenvalue weighted by Gasteiger charge is -2.24. The van der Waals surface area contributed by atoms with E-state index in [9.17, 15) is 9.59 Å². The molecule has 24 heavy (non-hydrogen) atoms. The van der Waals surface area contributed by atoms with E-state index in [-0.39, 0.29) is 17.9 Å². The van der Waals surface area contributed by atoms with E-state index in [0.29, 0.717) is 17.1 Å². The van der Waals surface area contributed by atoms with Gasteiger partial charge in [0.1, 0.15) is 15.7 Å². The zero-order chi connectivity index (χ0) is 16.4. The number of amides is 2. The van der Waals surface area contributed by atoms with Gasteiger partial charge in [-0.05, 0) is 31.5 Å². The highest BCUT2D eigenvalue weighted by atomic mass is 32.1. The summed E-state index contributed by atoms with van der Waals surface area (Å²) in [5.41, 5.74) is 2.99. The number of aromatic nitrogens is 1. The van der Waals surface area contributed by atoms with Crippen LogP contribution in [-0.2, 0) is 17.8 Å². The molecule has 0 radical (unpaired) electrons. The maximum absolute atomic E-state index is 12.9. The molecule has 0 aliphatic carbocycles. The molecule has 1 N–H and O–H groups in total. The minimum atomic E-state index is -0.316. The highest BCUT2D eigenvalue weighted by Crippen LogP contribution is 2.40. The molecule has 3 aliphatic rings. The maximum Gasteiger partial charge on any atom is 0.266 e. The van der Waals surface area contributed by atoms with Gasteiger partial charge in [0.05, 0.1) is 5.69 Å². The van der Waals surface area contributed by atoms with E-state index in [1.165, 1.54) is 16.9 Å². The van der Waals surface area contributed by atoms with Crippen LogP contribution >= 0.6 is 11.3 Å². The Morgan fingerprint density at radius 1 is 1.33 bits per heavy atom. The van der Waals surface area contributed by atoms with Gasteiger partial charge in [-0.2, -0.15) is 0 Å². The number of hydrogen-bond donors (Lipinski definition) is 1. The number of thiophene rings is 1. The summed E-state index contributed by atoms with van der Waals surface area (Å²) in [6.45, 7) is 2.53. The number of carbonyl (C=O) groups is 2. The van der Waals surface area contributed by atoms with Gasteiger partial charge in [-0.25, -0.2) is 4.98 Å². The minimum absolute atomic E-state index is 0.0241. The molecule has 124 valence electrons. The first-order valence-corrected chi connectivity index (χ1v) is 9.19. The number of hydrogen-bond acceptors (Lipinski definition) is 5. The number of likely N-dealkylation sites (N-methyl/N-ethyl adjacent to an activating group) is 1. The van der Waals surface area contributed by atoms with E-state index in [2.05, 4.69) is 23.3 Å². The van der Waals surface area contributed by atoms with Crippen molar-refractivity contribution < 1.29 is 9.59 Å². The lowest BCUT2D eigenvalue weighted by molar-refractivity contribution is -0.119. The van der Waals surface area contributed by atoms with Crippen LogP contribution in [0, 0.1) is 0 Å². The molecule has 2 aromatic heterocycles. The molecule has 0 bridgehead atoms. The number of nitrogens with zero attached hydrogens (tertiary/aromatic N) is 3. The van der Waals surface area contributed by atoms with Crippen LogP contribution in [0.4, 0.5) is 5.69 Å². The van der Waals surface area contributed by atoms with Crippen molar-refractivity contribution in [1.29, 1.82) is 0 Å².